The summed E-state index contributed by atoms with van der Waals surface area (Å²) in [5, 5.41) is 0. The van der Waals surface area contributed by atoms with Crippen molar-refractivity contribution in [2.75, 3.05) is 20.7 Å². The molecule has 0 aliphatic carbocycles. The maximum Gasteiger partial charge on any atom is 0.320 e. The summed E-state index contributed by atoms with van der Waals surface area (Å²) >= 11 is 4.93. The fraction of sp³-hybridized carbons (Fsp3) is 0.600. The van der Waals surface area contributed by atoms with Crippen LogP contribution in [0.25, 0.3) is 0 Å². The molecule has 1 unspecified atom stereocenters. The van der Waals surface area contributed by atoms with Gasteiger partial charge in [-0.05, 0) is 14.0 Å². The summed E-state index contributed by atoms with van der Waals surface area (Å²) in [6.45, 7) is 3.41. The number of esters is 1. The molecule has 0 radical (unpaired) electrons. The summed E-state index contributed by atoms with van der Waals surface area (Å²) < 4.78 is 4.65. The summed E-state index contributed by atoms with van der Waals surface area (Å²) in [6.07, 6.45) is 0. The molecule has 0 saturated carbocycles. The molecule has 1 rings (SSSR count). The largest absolute Gasteiger partial charge is 0.468 e. The zero-order valence-electron chi connectivity index (χ0n) is 9.57. The van der Waals surface area contributed by atoms with E-state index in [0.29, 0.717) is 6.54 Å². The van der Waals surface area contributed by atoms with E-state index in [0.717, 1.165) is 12.2 Å². The molecule has 4 nitrogen and oxygen atoms in total. The van der Waals surface area contributed by atoms with E-state index >= 15 is 0 Å². The third kappa shape index (κ3) is 3.84. The molecule has 0 N–H and O–H groups in total. The van der Waals surface area contributed by atoms with Crippen LogP contribution in [0.1, 0.15) is 10.6 Å². The number of nitrogens with zero attached hydrogens (tertiary/aromatic N) is 2. The highest BCUT2D eigenvalue weighted by Crippen LogP contribution is 2.15. The predicted octanol–water partition coefficient (Wildman–Crippen LogP) is 1.82. The quantitative estimate of drug-likeness (QED) is 0.615. The third-order valence-corrected chi connectivity index (χ3v) is 3.77. The summed E-state index contributed by atoms with van der Waals surface area (Å²) in [5.74, 6) is -0.243. The highest BCUT2D eigenvalue weighted by molar-refractivity contribution is 9.10. The van der Waals surface area contributed by atoms with Crippen LogP contribution in [0.15, 0.2) is 5.51 Å². The van der Waals surface area contributed by atoms with Crippen molar-refractivity contribution in [2.45, 2.75) is 18.3 Å². The first-order chi connectivity index (χ1) is 7.54. The number of thiazole rings is 1. The van der Waals surface area contributed by atoms with Crippen LogP contribution in [0, 0.1) is 6.92 Å². The SMILES string of the molecule is COC(=O)C(Br)CN(C)Cc1scnc1C. The zero-order chi connectivity index (χ0) is 12.1. The lowest BCUT2D eigenvalue weighted by Crippen LogP contribution is -2.31. The Kier molecular flexibility index (Phi) is 5.37. The van der Waals surface area contributed by atoms with E-state index in [1.165, 1.54) is 12.0 Å². The lowest BCUT2D eigenvalue weighted by Gasteiger charge is -2.18. The molecule has 1 aromatic rings. The molecule has 0 aliphatic heterocycles. The number of aryl methyl sites for hydroxylation is 1. The van der Waals surface area contributed by atoms with Crippen molar-refractivity contribution in [3.8, 4) is 0 Å². The second-order valence-corrected chi connectivity index (χ2v) is 5.59. The fourth-order valence-corrected chi connectivity index (χ4v) is 2.80. The summed E-state index contributed by atoms with van der Waals surface area (Å²) in [6, 6.07) is 0. The van der Waals surface area contributed by atoms with Crippen molar-refractivity contribution in [2.24, 2.45) is 0 Å². The lowest BCUT2D eigenvalue weighted by atomic mass is 10.3. The number of carbonyl (C=O) groups is 1. The molecule has 0 bridgehead atoms. The molecule has 0 saturated heterocycles. The van der Waals surface area contributed by atoms with Crippen LogP contribution >= 0.6 is 27.3 Å². The first-order valence-corrected chi connectivity index (χ1v) is 6.63. The molecule has 1 heterocycles. The number of rotatable bonds is 5. The van der Waals surface area contributed by atoms with Gasteiger partial charge >= 0.3 is 5.97 Å². The van der Waals surface area contributed by atoms with Crippen LogP contribution in [0.2, 0.25) is 0 Å². The Morgan fingerprint density at radius 2 is 2.44 bits per heavy atom. The average Bonchev–Trinajstić information content (AvgIpc) is 2.63. The maximum absolute atomic E-state index is 11.2. The van der Waals surface area contributed by atoms with E-state index < -0.39 is 0 Å². The molecule has 90 valence electrons. The topological polar surface area (TPSA) is 42.4 Å². The Hall–Kier alpha value is -0.460. The van der Waals surface area contributed by atoms with Gasteiger partial charge in [0.25, 0.3) is 0 Å². The first kappa shape index (κ1) is 13.6. The van der Waals surface area contributed by atoms with Gasteiger partial charge in [0, 0.05) is 18.0 Å². The van der Waals surface area contributed by atoms with Crippen LogP contribution in [0.4, 0.5) is 0 Å². The van der Waals surface area contributed by atoms with Crippen LogP contribution in [0.3, 0.4) is 0 Å². The smallest absolute Gasteiger partial charge is 0.320 e. The van der Waals surface area contributed by atoms with E-state index in [2.05, 4.69) is 30.6 Å². The minimum Gasteiger partial charge on any atom is -0.468 e. The van der Waals surface area contributed by atoms with Gasteiger partial charge < -0.3 is 4.74 Å². The van der Waals surface area contributed by atoms with Crippen molar-refractivity contribution in [1.82, 2.24) is 9.88 Å². The minimum absolute atomic E-state index is 0.243. The van der Waals surface area contributed by atoms with Gasteiger partial charge in [-0.1, -0.05) is 15.9 Å². The second kappa shape index (κ2) is 6.32. The Balaban J connectivity index is 2.45. The van der Waals surface area contributed by atoms with Crippen LogP contribution in [-0.2, 0) is 16.1 Å². The second-order valence-electron chi connectivity index (χ2n) is 3.55. The Morgan fingerprint density at radius 1 is 1.75 bits per heavy atom. The molecule has 1 atom stereocenters. The number of aromatic nitrogens is 1. The highest BCUT2D eigenvalue weighted by Gasteiger charge is 2.17. The molecule has 1 aromatic heterocycles. The van der Waals surface area contributed by atoms with Gasteiger partial charge in [0.2, 0.25) is 0 Å². The first-order valence-electron chi connectivity index (χ1n) is 4.84. The van der Waals surface area contributed by atoms with E-state index in [1.54, 1.807) is 11.3 Å². The molecule has 0 fully saturated rings. The molecule has 0 aliphatic rings. The molecular formula is C10H15BrN2O2S. The number of hydrogen-bond acceptors (Lipinski definition) is 5. The Bertz CT molecular complexity index is 356. The number of methoxy groups -OCH3 is 1. The number of ether oxygens (including phenoxy) is 1. The van der Waals surface area contributed by atoms with Gasteiger partial charge in [0.15, 0.2) is 0 Å². The van der Waals surface area contributed by atoms with E-state index in [1.807, 2.05) is 19.5 Å². The standard InChI is InChI=1S/C10H15BrN2O2S/c1-7-9(16-6-12-7)5-13(2)4-8(11)10(14)15-3/h6,8H,4-5H2,1-3H3. The number of hydrogen-bond donors (Lipinski definition) is 0. The van der Waals surface area contributed by atoms with E-state index in [9.17, 15) is 4.79 Å². The maximum atomic E-state index is 11.2. The van der Waals surface area contributed by atoms with Crippen molar-refractivity contribution < 1.29 is 9.53 Å². The number of alkyl halides is 1. The van der Waals surface area contributed by atoms with E-state index in [-0.39, 0.29) is 10.8 Å². The van der Waals surface area contributed by atoms with E-state index in [4.69, 9.17) is 0 Å². The minimum atomic E-state index is -0.282. The van der Waals surface area contributed by atoms with Crippen molar-refractivity contribution in [3.63, 3.8) is 0 Å². The molecule has 0 aromatic carbocycles. The third-order valence-electron chi connectivity index (χ3n) is 2.19. The molecule has 0 amide bonds. The Labute approximate surface area is 108 Å². The normalized spacial score (nSPS) is 12.8. The predicted molar refractivity (Wildman–Crippen MR) is 67.9 cm³/mol. The number of halogens is 1. The van der Waals surface area contributed by atoms with Crippen molar-refractivity contribution in [1.29, 1.82) is 0 Å². The fourth-order valence-electron chi connectivity index (χ4n) is 1.26. The average molecular weight is 307 g/mol. The zero-order valence-corrected chi connectivity index (χ0v) is 12.0. The monoisotopic (exact) mass is 306 g/mol. The van der Waals surface area contributed by atoms with Crippen LogP contribution in [-0.4, -0.2) is 41.4 Å². The van der Waals surface area contributed by atoms with Gasteiger partial charge in [0.05, 0.1) is 18.3 Å². The molecule has 6 heteroatoms. The van der Waals surface area contributed by atoms with Crippen molar-refractivity contribution >= 4 is 33.2 Å². The van der Waals surface area contributed by atoms with Crippen molar-refractivity contribution in [3.05, 3.63) is 16.1 Å². The molecule has 0 spiro atoms. The summed E-state index contributed by atoms with van der Waals surface area (Å²) in [4.78, 5) is 18.4. The molecular weight excluding hydrogens is 292 g/mol. The summed E-state index contributed by atoms with van der Waals surface area (Å²) in [5.41, 5.74) is 2.89. The van der Waals surface area contributed by atoms with Crippen LogP contribution < -0.4 is 0 Å². The van der Waals surface area contributed by atoms with Gasteiger partial charge in [-0.3, -0.25) is 9.69 Å². The summed E-state index contributed by atoms with van der Waals surface area (Å²) in [7, 11) is 3.36. The van der Waals surface area contributed by atoms with Gasteiger partial charge in [-0.25, -0.2) is 4.98 Å². The van der Waals surface area contributed by atoms with Gasteiger partial charge in [-0.15, -0.1) is 11.3 Å². The van der Waals surface area contributed by atoms with Gasteiger partial charge in [-0.2, -0.15) is 0 Å². The van der Waals surface area contributed by atoms with Crippen LogP contribution in [0.5, 0.6) is 0 Å². The Morgan fingerprint density at radius 3 is 2.94 bits per heavy atom. The van der Waals surface area contributed by atoms with Gasteiger partial charge in [0.1, 0.15) is 4.83 Å². The lowest BCUT2D eigenvalue weighted by molar-refractivity contribution is -0.140. The number of carbonyl (C=O) groups excluding carboxylic acids is 1. The highest BCUT2D eigenvalue weighted by atomic mass is 79.9. The molecule has 16 heavy (non-hydrogen) atoms.